The molecule has 0 spiro atoms. The summed E-state index contributed by atoms with van der Waals surface area (Å²) < 4.78 is 15.2. The Kier molecular flexibility index (Phi) is 2.97. The summed E-state index contributed by atoms with van der Waals surface area (Å²) in [5.74, 6) is -0.532. The van der Waals surface area contributed by atoms with Gasteiger partial charge in [-0.05, 0) is 37.3 Å². The molecule has 0 radical (unpaired) electrons. The molecular formula is C11H12FN3OS. The number of H-pyrrole nitrogens is 1. The zero-order valence-electron chi connectivity index (χ0n) is 9.45. The van der Waals surface area contributed by atoms with Crippen LogP contribution in [0, 0.1) is 10.6 Å². The van der Waals surface area contributed by atoms with E-state index in [1.807, 2.05) is 0 Å². The zero-order chi connectivity index (χ0) is 12.6. The minimum absolute atomic E-state index is 0.175. The number of benzene rings is 1. The van der Waals surface area contributed by atoms with Crippen molar-refractivity contribution in [3.05, 3.63) is 28.8 Å². The lowest BCUT2D eigenvalue weighted by Crippen LogP contribution is -2.27. The highest BCUT2D eigenvalue weighted by molar-refractivity contribution is 7.71. The first-order valence-corrected chi connectivity index (χ1v) is 5.56. The Morgan fingerprint density at radius 1 is 1.59 bits per heavy atom. The van der Waals surface area contributed by atoms with Crippen LogP contribution >= 0.6 is 12.2 Å². The monoisotopic (exact) mass is 253 g/mol. The van der Waals surface area contributed by atoms with Crippen LogP contribution in [0.2, 0.25) is 0 Å². The fraction of sp³-hybridized carbons (Fsp3) is 0.273. The predicted molar refractivity (Wildman–Crippen MR) is 65.9 cm³/mol. The van der Waals surface area contributed by atoms with Crippen molar-refractivity contribution in [1.29, 1.82) is 0 Å². The molecule has 2 aromatic rings. The van der Waals surface area contributed by atoms with E-state index in [0.29, 0.717) is 15.8 Å². The van der Waals surface area contributed by atoms with E-state index in [-0.39, 0.29) is 11.7 Å². The van der Waals surface area contributed by atoms with E-state index in [1.54, 1.807) is 24.6 Å². The number of nitrogens with zero attached hydrogens (tertiary/aromatic N) is 1. The van der Waals surface area contributed by atoms with E-state index >= 15 is 0 Å². The average Bonchev–Trinajstić information content (AvgIpc) is 2.62. The quantitative estimate of drug-likeness (QED) is 0.806. The van der Waals surface area contributed by atoms with Crippen LogP contribution in [0.15, 0.2) is 18.2 Å². The molecule has 1 amide bonds. The number of likely N-dealkylation sites (N-methyl/N-ethyl adjacent to an activating group) is 1. The molecule has 90 valence electrons. The van der Waals surface area contributed by atoms with Crippen molar-refractivity contribution in [3.63, 3.8) is 0 Å². The molecule has 4 nitrogen and oxygen atoms in total. The molecule has 0 aliphatic carbocycles. The summed E-state index contributed by atoms with van der Waals surface area (Å²) >= 11 is 5.14. The van der Waals surface area contributed by atoms with Gasteiger partial charge in [0.15, 0.2) is 4.77 Å². The van der Waals surface area contributed by atoms with E-state index in [9.17, 15) is 9.18 Å². The van der Waals surface area contributed by atoms with Crippen molar-refractivity contribution in [1.82, 2.24) is 14.9 Å². The van der Waals surface area contributed by atoms with Gasteiger partial charge in [0.1, 0.15) is 11.9 Å². The van der Waals surface area contributed by atoms with Gasteiger partial charge >= 0.3 is 0 Å². The van der Waals surface area contributed by atoms with Crippen LogP contribution in [0.5, 0.6) is 0 Å². The summed E-state index contributed by atoms with van der Waals surface area (Å²) in [7, 11) is 1.55. The van der Waals surface area contributed by atoms with Crippen LogP contribution in [-0.2, 0) is 4.79 Å². The maximum atomic E-state index is 13.2. The summed E-state index contributed by atoms with van der Waals surface area (Å²) in [6.07, 6.45) is 0. The van der Waals surface area contributed by atoms with E-state index < -0.39 is 6.04 Å². The van der Waals surface area contributed by atoms with Crippen molar-refractivity contribution in [2.45, 2.75) is 13.0 Å². The summed E-state index contributed by atoms with van der Waals surface area (Å²) in [6, 6.07) is 3.83. The fourth-order valence-corrected chi connectivity index (χ4v) is 2.17. The number of hydrogen-bond acceptors (Lipinski definition) is 2. The third-order valence-corrected chi connectivity index (χ3v) is 2.99. The second-order valence-electron chi connectivity index (χ2n) is 3.75. The number of aromatic nitrogens is 2. The molecule has 2 N–H and O–H groups in total. The van der Waals surface area contributed by atoms with Crippen molar-refractivity contribution in [2.24, 2.45) is 0 Å². The number of aromatic amines is 1. The predicted octanol–water partition coefficient (Wildman–Crippen LogP) is 2.14. The molecule has 17 heavy (non-hydrogen) atoms. The van der Waals surface area contributed by atoms with Gasteiger partial charge in [0.25, 0.3) is 0 Å². The average molecular weight is 253 g/mol. The van der Waals surface area contributed by atoms with Gasteiger partial charge in [0.2, 0.25) is 5.91 Å². The van der Waals surface area contributed by atoms with Crippen molar-refractivity contribution in [3.8, 4) is 0 Å². The molecule has 1 aromatic carbocycles. The second kappa shape index (κ2) is 4.29. The molecule has 1 unspecified atom stereocenters. The number of fused-ring (bicyclic) bond motifs is 1. The highest BCUT2D eigenvalue weighted by Gasteiger charge is 2.17. The minimum atomic E-state index is -0.483. The van der Waals surface area contributed by atoms with E-state index in [2.05, 4.69) is 10.3 Å². The highest BCUT2D eigenvalue weighted by Crippen LogP contribution is 2.20. The Morgan fingerprint density at radius 3 is 2.94 bits per heavy atom. The van der Waals surface area contributed by atoms with Crippen molar-refractivity contribution < 1.29 is 9.18 Å². The summed E-state index contributed by atoms with van der Waals surface area (Å²) in [5.41, 5.74) is 1.30. The van der Waals surface area contributed by atoms with Gasteiger partial charge in [-0.3, -0.25) is 4.79 Å². The molecule has 2 rings (SSSR count). The maximum Gasteiger partial charge on any atom is 0.242 e. The van der Waals surface area contributed by atoms with Gasteiger partial charge in [-0.2, -0.15) is 0 Å². The third-order valence-electron chi connectivity index (χ3n) is 2.69. The number of hydrogen-bond donors (Lipinski definition) is 2. The van der Waals surface area contributed by atoms with Gasteiger partial charge < -0.3 is 14.9 Å². The normalized spacial score (nSPS) is 12.6. The number of carbonyl (C=O) groups excluding carboxylic acids is 1. The molecule has 0 saturated heterocycles. The van der Waals surface area contributed by atoms with Crippen LogP contribution in [0.4, 0.5) is 4.39 Å². The molecule has 1 aromatic heterocycles. The van der Waals surface area contributed by atoms with E-state index in [4.69, 9.17) is 12.2 Å². The largest absolute Gasteiger partial charge is 0.357 e. The summed E-state index contributed by atoms with van der Waals surface area (Å²) in [5, 5.41) is 2.55. The third kappa shape index (κ3) is 1.95. The van der Waals surface area contributed by atoms with E-state index in [0.717, 1.165) is 0 Å². The number of nitrogens with one attached hydrogen (secondary N) is 2. The van der Waals surface area contributed by atoms with Crippen LogP contribution in [0.3, 0.4) is 0 Å². The SMILES string of the molecule is CNC(=O)C(C)n1c(=S)[nH]c2ccc(F)cc21. The lowest BCUT2D eigenvalue weighted by atomic mass is 10.2. The standard InChI is InChI=1S/C11H12FN3OS/c1-6(10(16)13-2)15-9-5-7(12)3-4-8(9)14-11(15)17/h3-6H,1-2H3,(H,13,16)(H,14,17). The van der Waals surface area contributed by atoms with Gasteiger partial charge in [-0.25, -0.2) is 4.39 Å². The first-order valence-electron chi connectivity index (χ1n) is 5.16. The Hall–Kier alpha value is -1.69. The molecule has 6 heteroatoms. The molecule has 0 saturated carbocycles. The minimum Gasteiger partial charge on any atom is -0.357 e. The second-order valence-corrected chi connectivity index (χ2v) is 4.14. The van der Waals surface area contributed by atoms with Crippen LogP contribution in [-0.4, -0.2) is 22.5 Å². The summed E-state index contributed by atoms with van der Waals surface area (Å²) in [6.45, 7) is 1.72. The number of carbonyl (C=O) groups is 1. The molecule has 0 bridgehead atoms. The molecule has 0 fully saturated rings. The van der Waals surface area contributed by atoms with Crippen LogP contribution < -0.4 is 5.32 Å². The zero-order valence-corrected chi connectivity index (χ0v) is 10.3. The van der Waals surface area contributed by atoms with Crippen LogP contribution in [0.1, 0.15) is 13.0 Å². The van der Waals surface area contributed by atoms with Gasteiger partial charge in [0, 0.05) is 7.05 Å². The Labute approximate surface area is 102 Å². The highest BCUT2D eigenvalue weighted by atomic mass is 32.1. The van der Waals surface area contributed by atoms with Crippen molar-refractivity contribution >= 4 is 29.2 Å². The number of rotatable bonds is 2. The van der Waals surface area contributed by atoms with E-state index in [1.165, 1.54) is 12.1 Å². The summed E-state index contributed by atoms with van der Waals surface area (Å²) in [4.78, 5) is 14.6. The molecule has 1 heterocycles. The molecular weight excluding hydrogens is 241 g/mol. The van der Waals surface area contributed by atoms with Gasteiger partial charge in [-0.15, -0.1) is 0 Å². The Bertz CT molecular complexity index is 631. The van der Waals surface area contributed by atoms with Crippen LogP contribution in [0.25, 0.3) is 11.0 Å². The smallest absolute Gasteiger partial charge is 0.242 e. The first-order chi connectivity index (χ1) is 8.04. The van der Waals surface area contributed by atoms with Gasteiger partial charge in [0.05, 0.1) is 11.0 Å². The fourth-order valence-electron chi connectivity index (χ4n) is 1.81. The number of imidazole rings is 1. The topological polar surface area (TPSA) is 49.8 Å². The lowest BCUT2D eigenvalue weighted by Gasteiger charge is -2.12. The Morgan fingerprint density at radius 2 is 2.29 bits per heavy atom. The number of amides is 1. The van der Waals surface area contributed by atoms with Crippen molar-refractivity contribution in [2.75, 3.05) is 7.05 Å². The Balaban J connectivity index is 2.67. The molecule has 1 atom stereocenters. The number of halogens is 1. The first kappa shape index (κ1) is 11.8. The molecule has 0 aliphatic rings. The maximum absolute atomic E-state index is 13.2. The van der Waals surface area contributed by atoms with Gasteiger partial charge in [-0.1, -0.05) is 0 Å². The lowest BCUT2D eigenvalue weighted by molar-refractivity contribution is -0.123. The molecule has 0 aliphatic heterocycles.